The lowest BCUT2D eigenvalue weighted by atomic mass is 10.0. The molecule has 0 aliphatic carbocycles. The molecule has 5 heteroatoms. The van der Waals surface area contributed by atoms with Crippen molar-refractivity contribution in [2.45, 2.75) is 45.7 Å². The van der Waals surface area contributed by atoms with Gasteiger partial charge in [0.15, 0.2) is 0 Å². The number of amides is 1. The quantitative estimate of drug-likeness (QED) is 0.868. The maximum atomic E-state index is 12.3. The Hall–Kier alpha value is -2.27. The first-order valence-corrected chi connectivity index (χ1v) is 9.47. The van der Waals surface area contributed by atoms with E-state index in [9.17, 15) is 4.79 Å². The molecule has 1 aromatic heterocycles. The third-order valence-electron chi connectivity index (χ3n) is 4.71. The number of carbonyl (C=O) groups is 1. The van der Waals surface area contributed by atoms with Gasteiger partial charge in [-0.1, -0.05) is 38.1 Å². The second-order valence-corrected chi connectivity index (χ2v) is 7.55. The van der Waals surface area contributed by atoms with Crippen molar-refractivity contribution in [1.29, 1.82) is 0 Å². The highest BCUT2D eigenvalue weighted by molar-refractivity contribution is 5.92. The number of aromatic nitrogens is 2. The summed E-state index contributed by atoms with van der Waals surface area (Å²) in [5.74, 6) is 0.546. The van der Waals surface area contributed by atoms with Gasteiger partial charge in [-0.05, 0) is 42.9 Å². The first kappa shape index (κ1) is 18.5. The van der Waals surface area contributed by atoms with Crippen LogP contribution in [0.4, 0.5) is 0 Å². The Labute approximate surface area is 155 Å². The van der Waals surface area contributed by atoms with Gasteiger partial charge in [0.05, 0.1) is 6.20 Å². The largest absolute Gasteiger partial charge is 0.347 e. The van der Waals surface area contributed by atoms with Crippen LogP contribution in [0.1, 0.15) is 48.3 Å². The second kappa shape index (κ2) is 8.90. The van der Waals surface area contributed by atoms with Crippen LogP contribution >= 0.6 is 0 Å². The van der Waals surface area contributed by atoms with Crippen molar-refractivity contribution in [1.82, 2.24) is 20.2 Å². The molecule has 1 fully saturated rings. The third-order valence-corrected chi connectivity index (χ3v) is 4.71. The summed E-state index contributed by atoms with van der Waals surface area (Å²) in [5.41, 5.74) is 3.11. The Kier molecular flexibility index (Phi) is 6.34. The summed E-state index contributed by atoms with van der Waals surface area (Å²) < 4.78 is 0. The van der Waals surface area contributed by atoms with Crippen LogP contribution in [0.3, 0.4) is 0 Å². The summed E-state index contributed by atoms with van der Waals surface area (Å²) in [6.07, 6.45) is 7.86. The minimum Gasteiger partial charge on any atom is -0.347 e. The Morgan fingerprint density at radius 2 is 2.00 bits per heavy atom. The number of benzene rings is 1. The second-order valence-electron chi connectivity index (χ2n) is 7.55. The van der Waals surface area contributed by atoms with Crippen LogP contribution in [0.2, 0.25) is 0 Å². The van der Waals surface area contributed by atoms with E-state index in [4.69, 9.17) is 0 Å². The summed E-state index contributed by atoms with van der Waals surface area (Å²) in [7, 11) is 0. The molecular weight excluding hydrogens is 324 g/mol. The first-order valence-electron chi connectivity index (χ1n) is 9.47. The molecule has 1 unspecified atom stereocenters. The van der Waals surface area contributed by atoms with Crippen molar-refractivity contribution in [3.63, 3.8) is 0 Å². The number of rotatable bonds is 6. The number of piperidine rings is 1. The van der Waals surface area contributed by atoms with E-state index in [0.717, 1.165) is 38.9 Å². The van der Waals surface area contributed by atoms with Gasteiger partial charge in [-0.25, -0.2) is 4.98 Å². The number of nitrogens with one attached hydrogen (secondary N) is 1. The smallest absolute Gasteiger partial charge is 0.271 e. The number of carbonyl (C=O) groups excluding carboxylic acids is 1. The molecule has 3 rings (SSSR count). The Morgan fingerprint density at radius 3 is 2.69 bits per heavy atom. The third kappa shape index (κ3) is 5.36. The van der Waals surface area contributed by atoms with Crippen molar-refractivity contribution in [2.24, 2.45) is 5.92 Å². The van der Waals surface area contributed by atoms with E-state index >= 15 is 0 Å². The van der Waals surface area contributed by atoms with Crippen LogP contribution in [0, 0.1) is 5.92 Å². The number of hydrogen-bond acceptors (Lipinski definition) is 4. The molecule has 0 radical (unpaired) electrons. The van der Waals surface area contributed by atoms with Gasteiger partial charge in [0.1, 0.15) is 5.69 Å². The molecule has 26 heavy (non-hydrogen) atoms. The zero-order chi connectivity index (χ0) is 18.4. The Morgan fingerprint density at radius 1 is 1.23 bits per heavy atom. The number of likely N-dealkylation sites (tertiary alicyclic amines) is 1. The fraction of sp³-hybridized carbons (Fsp3) is 0.476. The zero-order valence-corrected chi connectivity index (χ0v) is 15.7. The van der Waals surface area contributed by atoms with Crippen LogP contribution < -0.4 is 5.32 Å². The summed E-state index contributed by atoms with van der Waals surface area (Å²) in [4.78, 5) is 22.7. The van der Waals surface area contributed by atoms with Gasteiger partial charge in [-0.2, -0.15) is 0 Å². The van der Waals surface area contributed by atoms with Gasteiger partial charge in [0, 0.05) is 31.5 Å². The molecule has 0 saturated carbocycles. The van der Waals surface area contributed by atoms with Gasteiger partial charge >= 0.3 is 0 Å². The van der Waals surface area contributed by atoms with Crippen molar-refractivity contribution >= 4 is 5.91 Å². The summed E-state index contributed by atoms with van der Waals surface area (Å²) in [5, 5.41) is 3.10. The Bertz CT molecular complexity index is 700. The van der Waals surface area contributed by atoms with E-state index in [1.807, 2.05) is 0 Å². The van der Waals surface area contributed by atoms with Gasteiger partial charge < -0.3 is 5.32 Å². The van der Waals surface area contributed by atoms with Gasteiger partial charge in [0.25, 0.3) is 5.91 Å². The maximum absolute atomic E-state index is 12.3. The fourth-order valence-electron chi connectivity index (χ4n) is 3.50. The highest BCUT2D eigenvalue weighted by Crippen LogP contribution is 2.16. The van der Waals surface area contributed by atoms with Crippen molar-refractivity contribution < 1.29 is 4.79 Å². The molecule has 0 bridgehead atoms. The van der Waals surface area contributed by atoms with E-state index < -0.39 is 0 Å². The molecule has 1 aliphatic rings. The molecular formula is C21H28N4O. The van der Waals surface area contributed by atoms with Crippen molar-refractivity contribution in [2.75, 3.05) is 13.1 Å². The molecule has 2 heterocycles. The van der Waals surface area contributed by atoms with E-state index in [1.54, 1.807) is 12.4 Å². The normalized spacial score (nSPS) is 18.0. The van der Waals surface area contributed by atoms with E-state index in [0.29, 0.717) is 11.6 Å². The van der Waals surface area contributed by atoms with Crippen molar-refractivity contribution in [3.8, 4) is 0 Å². The predicted molar refractivity (Wildman–Crippen MR) is 103 cm³/mol. The minimum absolute atomic E-state index is 0.136. The average Bonchev–Trinajstić information content (AvgIpc) is 2.64. The summed E-state index contributed by atoms with van der Waals surface area (Å²) in [6, 6.07) is 9.12. The molecule has 1 saturated heterocycles. The molecule has 1 aliphatic heterocycles. The van der Waals surface area contributed by atoms with Gasteiger partial charge in [-0.3, -0.25) is 14.7 Å². The van der Waals surface area contributed by atoms with E-state index in [1.165, 1.54) is 17.3 Å². The standard InChI is InChI=1S/C21H28N4O/c1-16(2)12-17-5-7-18(8-6-17)14-25-11-3-4-19(15-25)24-21(26)20-13-22-9-10-23-20/h5-10,13,16,19H,3-4,11-12,14-15H2,1-2H3,(H,24,26). The maximum Gasteiger partial charge on any atom is 0.271 e. The molecule has 0 spiro atoms. The Balaban J connectivity index is 1.52. The molecule has 1 amide bonds. The topological polar surface area (TPSA) is 58.1 Å². The molecule has 2 aromatic rings. The van der Waals surface area contributed by atoms with Crippen LogP contribution in [-0.2, 0) is 13.0 Å². The van der Waals surface area contributed by atoms with Crippen LogP contribution in [0.15, 0.2) is 42.9 Å². The summed E-state index contributed by atoms with van der Waals surface area (Å²) in [6.45, 7) is 7.37. The number of nitrogens with zero attached hydrogens (tertiary/aromatic N) is 3. The zero-order valence-electron chi connectivity index (χ0n) is 15.7. The monoisotopic (exact) mass is 352 g/mol. The SMILES string of the molecule is CC(C)Cc1ccc(CN2CCCC(NC(=O)c3cnccn3)C2)cc1. The van der Waals surface area contributed by atoms with Crippen LogP contribution in [0.5, 0.6) is 0 Å². The lowest BCUT2D eigenvalue weighted by Gasteiger charge is -2.33. The highest BCUT2D eigenvalue weighted by Gasteiger charge is 2.22. The fourth-order valence-corrected chi connectivity index (χ4v) is 3.50. The lowest BCUT2D eigenvalue weighted by Crippen LogP contribution is -2.47. The van der Waals surface area contributed by atoms with E-state index in [2.05, 4.69) is 58.3 Å². The predicted octanol–water partition coefficient (Wildman–Crippen LogP) is 3.07. The highest BCUT2D eigenvalue weighted by atomic mass is 16.1. The van der Waals surface area contributed by atoms with Gasteiger partial charge in [0.2, 0.25) is 0 Å². The molecule has 138 valence electrons. The van der Waals surface area contributed by atoms with Crippen molar-refractivity contribution in [3.05, 3.63) is 59.7 Å². The van der Waals surface area contributed by atoms with E-state index in [-0.39, 0.29) is 11.9 Å². The molecule has 1 aromatic carbocycles. The van der Waals surface area contributed by atoms with Gasteiger partial charge in [-0.15, -0.1) is 0 Å². The lowest BCUT2D eigenvalue weighted by molar-refractivity contribution is 0.0895. The molecule has 1 atom stereocenters. The molecule has 5 nitrogen and oxygen atoms in total. The number of hydrogen-bond donors (Lipinski definition) is 1. The summed E-state index contributed by atoms with van der Waals surface area (Å²) >= 11 is 0. The van der Waals surface area contributed by atoms with Crippen LogP contribution in [-0.4, -0.2) is 39.9 Å². The molecule has 1 N–H and O–H groups in total. The first-order chi connectivity index (χ1) is 12.6. The average molecular weight is 352 g/mol. The minimum atomic E-state index is -0.136. The van der Waals surface area contributed by atoms with Crippen LogP contribution in [0.25, 0.3) is 0 Å².